The summed E-state index contributed by atoms with van der Waals surface area (Å²) in [4.78, 5) is -0.211. The Balaban J connectivity index is 0.00000243. The molecule has 0 radical (unpaired) electrons. The summed E-state index contributed by atoms with van der Waals surface area (Å²) >= 11 is 0. The zero-order valence-corrected chi connectivity index (χ0v) is 17.2. The number of nitrogens with one attached hydrogen (secondary N) is 1. The highest BCUT2D eigenvalue weighted by atomic mass is 35.5. The Morgan fingerprint density at radius 1 is 0.962 bits per heavy atom. The monoisotopic (exact) mass is 423 g/mol. The van der Waals surface area contributed by atoms with Crippen molar-refractivity contribution in [3.63, 3.8) is 0 Å². The summed E-state index contributed by atoms with van der Waals surface area (Å²) in [6, 6.07) is 5.84. The molecule has 10 heteroatoms. The Morgan fingerprint density at radius 2 is 1.54 bits per heavy atom. The zero-order chi connectivity index (χ0) is 18.1. The maximum absolute atomic E-state index is 13.2. The molecule has 2 saturated heterocycles. The van der Waals surface area contributed by atoms with Crippen molar-refractivity contribution in [2.45, 2.75) is 41.5 Å². The van der Waals surface area contributed by atoms with Crippen molar-refractivity contribution in [3.05, 3.63) is 24.3 Å². The first-order chi connectivity index (χ1) is 11.9. The molecule has 26 heavy (non-hydrogen) atoms. The molecule has 1 atom stereocenters. The van der Waals surface area contributed by atoms with E-state index in [1.165, 1.54) is 20.7 Å². The van der Waals surface area contributed by atoms with Gasteiger partial charge in [0.2, 0.25) is 20.0 Å². The average Bonchev–Trinajstić information content (AvgIpc) is 3.27. The van der Waals surface area contributed by atoms with Gasteiger partial charge in [0.15, 0.2) is 0 Å². The Hall–Kier alpha value is -0.710. The summed E-state index contributed by atoms with van der Waals surface area (Å²) in [6.07, 6.45) is 3.18. The molecule has 2 aliphatic rings. The number of sulfonamides is 2. The Labute approximate surface area is 162 Å². The van der Waals surface area contributed by atoms with Crippen LogP contribution >= 0.6 is 12.4 Å². The van der Waals surface area contributed by atoms with Crippen molar-refractivity contribution in [1.29, 1.82) is 0 Å². The van der Waals surface area contributed by atoms with Gasteiger partial charge in [-0.15, -0.1) is 12.4 Å². The lowest BCUT2D eigenvalue weighted by Gasteiger charge is -2.25. The molecule has 0 bridgehead atoms. The molecule has 1 unspecified atom stereocenters. The van der Waals surface area contributed by atoms with E-state index in [0.717, 1.165) is 25.7 Å². The van der Waals surface area contributed by atoms with Crippen molar-refractivity contribution >= 4 is 32.5 Å². The second kappa shape index (κ2) is 8.53. The van der Waals surface area contributed by atoms with E-state index in [2.05, 4.69) is 5.32 Å². The van der Waals surface area contributed by atoms with Crippen LogP contribution in [0.5, 0.6) is 0 Å². The van der Waals surface area contributed by atoms with Crippen LogP contribution in [0.15, 0.2) is 34.1 Å². The van der Waals surface area contributed by atoms with E-state index in [0.29, 0.717) is 26.2 Å². The molecule has 7 nitrogen and oxygen atoms in total. The predicted octanol–water partition coefficient (Wildman–Crippen LogP) is 1.27. The second-order valence-corrected chi connectivity index (χ2v) is 10.3. The van der Waals surface area contributed by atoms with E-state index >= 15 is 0 Å². The molecule has 0 aromatic heterocycles. The molecular formula is C16H26ClN3O4S2. The fraction of sp³-hybridized carbons (Fsp3) is 0.625. The van der Waals surface area contributed by atoms with Gasteiger partial charge in [-0.25, -0.2) is 16.8 Å². The minimum Gasteiger partial charge on any atom is -0.318 e. The standard InChI is InChI=1S/C16H25N3O4S2.ClH/c1-17-13-14-7-6-12-19(14)25(22,23)16-9-3-2-8-15(16)24(20,21)18-10-4-5-11-18;/h2-3,8-9,14,17H,4-7,10-13H2,1H3;1H. The lowest BCUT2D eigenvalue weighted by atomic mass is 10.2. The SMILES string of the molecule is CNCC1CCCN1S(=O)(=O)c1ccccc1S(=O)(=O)N1CCCC1.Cl. The Morgan fingerprint density at radius 3 is 2.12 bits per heavy atom. The topological polar surface area (TPSA) is 86.8 Å². The Kier molecular flexibility index (Phi) is 7.09. The molecule has 2 aliphatic heterocycles. The maximum Gasteiger partial charge on any atom is 0.244 e. The summed E-state index contributed by atoms with van der Waals surface area (Å²) in [5.41, 5.74) is 0. The lowest BCUT2D eigenvalue weighted by Crippen LogP contribution is -2.41. The number of benzene rings is 1. The summed E-state index contributed by atoms with van der Waals surface area (Å²) in [5, 5.41) is 3.02. The molecule has 0 amide bonds. The van der Waals surface area contributed by atoms with Crippen LogP contribution in [0.3, 0.4) is 0 Å². The fourth-order valence-corrected chi connectivity index (χ4v) is 7.62. The Bertz CT molecular complexity index is 824. The predicted molar refractivity (Wildman–Crippen MR) is 103 cm³/mol. The number of hydrogen-bond donors (Lipinski definition) is 1. The molecule has 0 spiro atoms. The summed E-state index contributed by atoms with van der Waals surface area (Å²) in [5.74, 6) is 0. The third-order valence-electron chi connectivity index (χ3n) is 4.88. The third-order valence-corrected chi connectivity index (χ3v) is 8.98. The molecule has 3 rings (SSSR count). The van der Waals surface area contributed by atoms with Crippen molar-refractivity contribution in [3.8, 4) is 0 Å². The fourth-order valence-electron chi connectivity index (χ4n) is 3.64. The first kappa shape index (κ1) is 21.6. The highest BCUT2D eigenvalue weighted by Gasteiger charge is 2.39. The van der Waals surface area contributed by atoms with E-state index in [9.17, 15) is 16.8 Å². The van der Waals surface area contributed by atoms with Crippen LogP contribution in [0.2, 0.25) is 0 Å². The molecule has 1 aromatic carbocycles. The van der Waals surface area contributed by atoms with Gasteiger partial charge < -0.3 is 5.32 Å². The molecule has 2 heterocycles. The van der Waals surface area contributed by atoms with Gasteiger partial charge in [-0.1, -0.05) is 12.1 Å². The van der Waals surface area contributed by atoms with E-state index in [-0.39, 0.29) is 28.2 Å². The third kappa shape index (κ3) is 3.93. The van der Waals surface area contributed by atoms with Gasteiger partial charge >= 0.3 is 0 Å². The molecule has 1 N–H and O–H groups in total. The van der Waals surface area contributed by atoms with Gasteiger partial charge in [0.1, 0.15) is 9.79 Å². The quantitative estimate of drug-likeness (QED) is 0.744. The van der Waals surface area contributed by atoms with Gasteiger partial charge in [0.05, 0.1) is 0 Å². The molecular weight excluding hydrogens is 398 g/mol. The first-order valence-electron chi connectivity index (χ1n) is 8.64. The van der Waals surface area contributed by atoms with Gasteiger partial charge in [0, 0.05) is 32.2 Å². The molecule has 148 valence electrons. The van der Waals surface area contributed by atoms with E-state index in [1.807, 2.05) is 0 Å². The molecule has 1 aromatic rings. The molecule has 0 saturated carbocycles. The average molecular weight is 424 g/mol. The van der Waals surface area contributed by atoms with Gasteiger partial charge in [-0.05, 0) is 44.9 Å². The van der Waals surface area contributed by atoms with Gasteiger partial charge in [-0.3, -0.25) is 0 Å². The van der Waals surface area contributed by atoms with E-state index < -0.39 is 20.0 Å². The van der Waals surface area contributed by atoms with Crippen LogP contribution in [-0.2, 0) is 20.0 Å². The largest absolute Gasteiger partial charge is 0.318 e. The minimum atomic E-state index is -3.87. The number of nitrogens with zero attached hydrogens (tertiary/aromatic N) is 2. The van der Waals surface area contributed by atoms with Crippen molar-refractivity contribution in [1.82, 2.24) is 13.9 Å². The normalized spacial score (nSPS) is 22.4. The van der Waals surface area contributed by atoms with E-state index in [1.54, 1.807) is 19.2 Å². The smallest absolute Gasteiger partial charge is 0.244 e. The number of rotatable bonds is 6. The van der Waals surface area contributed by atoms with Crippen LogP contribution in [0.25, 0.3) is 0 Å². The molecule has 2 fully saturated rings. The summed E-state index contributed by atoms with van der Waals surface area (Å²) in [6.45, 7) is 1.87. The van der Waals surface area contributed by atoms with Crippen molar-refractivity contribution in [2.75, 3.05) is 33.2 Å². The van der Waals surface area contributed by atoms with Gasteiger partial charge in [0.25, 0.3) is 0 Å². The van der Waals surface area contributed by atoms with Crippen LogP contribution in [-0.4, -0.2) is 64.7 Å². The number of likely N-dealkylation sites (N-methyl/N-ethyl adjacent to an activating group) is 1. The lowest BCUT2D eigenvalue weighted by molar-refractivity contribution is 0.377. The number of hydrogen-bond acceptors (Lipinski definition) is 5. The van der Waals surface area contributed by atoms with Crippen molar-refractivity contribution < 1.29 is 16.8 Å². The minimum absolute atomic E-state index is 0. The van der Waals surface area contributed by atoms with Crippen LogP contribution < -0.4 is 5.32 Å². The van der Waals surface area contributed by atoms with Crippen LogP contribution in [0.1, 0.15) is 25.7 Å². The second-order valence-electron chi connectivity index (χ2n) is 6.53. The number of halogens is 1. The van der Waals surface area contributed by atoms with Crippen LogP contribution in [0.4, 0.5) is 0 Å². The first-order valence-corrected chi connectivity index (χ1v) is 11.5. The summed E-state index contributed by atoms with van der Waals surface area (Å²) in [7, 11) is -5.88. The van der Waals surface area contributed by atoms with Crippen LogP contribution in [0, 0.1) is 0 Å². The highest BCUT2D eigenvalue weighted by Crippen LogP contribution is 2.32. The summed E-state index contributed by atoms with van der Waals surface area (Å²) < 4.78 is 55.2. The maximum atomic E-state index is 13.2. The highest BCUT2D eigenvalue weighted by molar-refractivity contribution is 7.92. The van der Waals surface area contributed by atoms with Crippen molar-refractivity contribution in [2.24, 2.45) is 0 Å². The van der Waals surface area contributed by atoms with E-state index in [4.69, 9.17) is 0 Å². The molecule has 0 aliphatic carbocycles. The van der Waals surface area contributed by atoms with Gasteiger partial charge in [-0.2, -0.15) is 8.61 Å². The zero-order valence-electron chi connectivity index (χ0n) is 14.8.